The van der Waals surface area contributed by atoms with Crippen LogP contribution in [-0.4, -0.2) is 43.2 Å². The SMILES string of the molecule is CNc1nc(Nc2ccc(Cl)c(OC)c2)nc(N(C)C)n1. The van der Waals surface area contributed by atoms with E-state index in [-0.39, 0.29) is 0 Å². The summed E-state index contributed by atoms with van der Waals surface area (Å²) in [5.74, 6) is 2.05. The highest BCUT2D eigenvalue weighted by atomic mass is 35.5. The van der Waals surface area contributed by atoms with Crippen molar-refractivity contribution < 1.29 is 4.74 Å². The van der Waals surface area contributed by atoms with Crippen molar-refractivity contribution in [3.8, 4) is 5.75 Å². The standard InChI is InChI=1S/C13H17ClN6O/c1-15-11-17-12(19-13(18-11)20(2)3)16-8-5-6-9(14)10(7-8)21-4/h5-7H,1-4H3,(H2,15,16,17,18,19). The Balaban J connectivity index is 2.32. The van der Waals surface area contributed by atoms with Gasteiger partial charge in [-0.25, -0.2) is 0 Å². The second kappa shape index (κ2) is 6.45. The third kappa shape index (κ3) is 3.63. The topological polar surface area (TPSA) is 75.2 Å². The number of nitrogens with zero attached hydrogens (tertiary/aromatic N) is 4. The minimum Gasteiger partial charge on any atom is -0.495 e. The van der Waals surface area contributed by atoms with Crippen molar-refractivity contribution in [1.29, 1.82) is 0 Å². The minimum absolute atomic E-state index is 0.433. The highest BCUT2D eigenvalue weighted by molar-refractivity contribution is 6.32. The molecule has 2 aromatic rings. The van der Waals surface area contributed by atoms with Gasteiger partial charge in [-0.2, -0.15) is 15.0 Å². The van der Waals surface area contributed by atoms with Crippen LogP contribution in [-0.2, 0) is 0 Å². The number of benzene rings is 1. The molecule has 0 aliphatic heterocycles. The molecule has 2 N–H and O–H groups in total. The van der Waals surface area contributed by atoms with Gasteiger partial charge in [0.05, 0.1) is 12.1 Å². The lowest BCUT2D eigenvalue weighted by atomic mass is 10.3. The van der Waals surface area contributed by atoms with E-state index in [1.807, 2.05) is 20.2 Å². The van der Waals surface area contributed by atoms with Crippen LogP contribution in [0.15, 0.2) is 18.2 Å². The first kappa shape index (κ1) is 15.1. The fraction of sp³-hybridized carbons (Fsp3) is 0.308. The Hall–Kier alpha value is -2.28. The van der Waals surface area contributed by atoms with Crippen LogP contribution >= 0.6 is 11.6 Å². The molecule has 7 nitrogen and oxygen atoms in total. The summed E-state index contributed by atoms with van der Waals surface area (Å²) >= 11 is 6.00. The first-order chi connectivity index (χ1) is 10.0. The van der Waals surface area contributed by atoms with E-state index in [1.54, 1.807) is 31.2 Å². The Labute approximate surface area is 128 Å². The third-order valence-corrected chi connectivity index (χ3v) is 2.97. The molecule has 21 heavy (non-hydrogen) atoms. The van der Waals surface area contributed by atoms with Gasteiger partial charge in [-0.15, -0.1) is 0 Å². The number of aromatic nitrogens is 3. The molecule has 0 saturated carbocycles. The van der Waals surface area contributed by atoms with Gasteiger partial charge in [-0.1, -0.05) is 11.6 Å². The molecule has 2 rings (SSSR count). The van der Waals surface area contributed by atoms with Crippen molar-refractivity contribution in [2.45, 2.75) is 0 Å². The van der Waals surface area contributed by atoms with E-state index in [2.05, 4.69) is 25.6 Å². The Morgan fingerprint density at radius 2 is 1.86 bits per heavy atom. The molecule has 112 valence electrons. The maximum absolute atomic E-state index is 6.00. The zero-order valence-electron chi connectivity index (χ0n) is 12.3. The van der Waals surface area contributed by atoms with Crippen LogP contribution < -0.4 is 20.3 Å². The maximum atomic E-state index is 6.00. The Morgan fingerprint density at radius 1 is 1.14 bits per heavy atom. The molecule has 0 saturated heterocycles. The van der Waals surface area contributed by atoms with Crippen LogP contribution in [0.4, 0.5) is 23.5 Å². The summed E-state index contributed by atoms with van der Waals surface area (Å²) in [5, 5.41) is 6.56. The smallest absolute Gasteiger partial charge is 0.233 e. The van der Waals surface area contributed by atoms with Crippen LogP contribution in [0.5, 0.6) is 5.75 Å². The summed E-state index contributed by atoms with van der Waals surface area (Å²) in [6, 6.07) is 5.35. The molecule has 1 aromatic heterocycles. The number of anilines is 4. The zero-order chi connectivity index (χ0) is 15.4. The summed E-state index contributed by atoms with van der Waals surface area (Å²) in [4.78, 5) is 14.6. The third-order valence-electron chi connectivity index (χ3n) is 2.65. The second-order valence-electron chi connectivity index (χ2n) is 4.40. The molecule has 0 atom stereocenters. The summed E-state index contributed by atoms with van der Waals surface area (Å²) < 4.78 is 5.18. The molecule has 1 aromatic carbocycles. The van der Waals surface area contributed by atoms with Crippen molar-refractivity contribution in [3.63, 3.8) is 0 Å². The van der Waals surface area contributed by atoms with Gasteiger partial charge in [0.2, 0.25) is 17.8 Å². The average Bonchev–Trinajstić information content (AvgIpc) is 2.48. The van der Waals surface area contributed by atoms with Crippen LogP contribution in [0, 0.1) is 0 Å². The normalized spacial score (nSPS) is 10.1. The second-order valence-corrected chi connectivity index (χ2v) is 4.81. The van der Waals surface area contributed by atoms with Crippen LogP contribution in [0.2, 0.25) is 5.02 Å². The van der Waals surface area contributed by atoms with E-state index in [4.69, 9.17) is 16.3 Å². The van der Waals surface area contributed by atoms with Crippen LogP contribution in [0.1, 0.15) is 0 Å². The van der Waals surface area contributed by atoms with E-state index >= 15 is 0 Å². The molecule has 1 heterocycles. The fourth-order valence-electron chi connectivity index (χ4n) is 1.60. The molecule has 0 radical (unpaired) electrons. The van der Waals surface area contributed by atoms with Crippen LogP contribution in [0.3, 0.4) is 0 Å². The van der Waals surface area contributed by atoms with Crippen molar-refractivity contribution in [2.24, 2.45) is 0 Å². The molecule has 0 fully saturated rings. The monoisotopic (exact) mass is 308 g/mol. The molecular formula is C13H17ClN6O. The zero-order valence-corrected chi connectivity index (χ0v) is 13.1. The quantitative estimate of drug-likeness (QED) is 0.878. The largest absolute Gasteiger partial charge is 0.495 e. The molecule has 0 aliphatic carbocycles. The molecular weight excluding hydrogens is 292 g/mol. The van der Waals surface area contributed by atoms with Gasteiger partial charge in [0.25, 0.3) is 0 Å². The van der Waals surface area contributed by atoms with Gasteiger partial charge in [0.1, 0.15) is 5.75 Å². The predicted molar refractivity (Wildman–Crippen MR) is 85.0 cm³/mol. The van der Waals surface area contributed by atoms with Gasteiger partial charge in [-0.05, 0) is 12.1 Å². The lowest BCUT2D eigenvalue weighted by molar-refractivity contribution is 0.415. The van der Waals surface area contributed by atoms with Gasteiger partial charge >= 0.3 is 0 Å². The van der Waals surface area contributed by atoms with Crippen molar-refractivity contribution in [1.82, 2.24) is 15.0 Å². The molecule has 0 bridgehead atoms. The van der Waals surface area contributed by atoms with Crippen molar-refractivity contribution >= 4 is 35.1 Å². The molecule has 0 amide bonds. The average molecular weight is 309 g/mol. The summed E-state index contributed by atoms with van der Waals surface area (Å²) in [5.41, 5.74) is 0.772. The van der Waals surface area contributed by atoms with Gasteiger partial charge in [0.15, 0.2) is 0 Å². The van der Waals surface area contributed by atoms with E-state index in [9.17, 15) is 0 Å². The lowest BCUT2D eigenvalue weighted by Gasteiger charge is -2.13. The predicted octanol–water partition coefficient (Wildman–Crippen LogP) is 2.38. The highest BCUT2D eigenvalue weighted by Gasteiger charge is 2.09. The first-order valence-electron chi connectivity index (χ1n) is 6.25. The summed E-state index contributed by atoms with van der Waals surface area (Å²) in [6.45, 7) is 0. The first-order valence-corrected chi connectivity index (χ1v) is 6.63. The lowest BCUT2D eigenvalue weighted by Crippen LogP contribution is -2.15. The molecule has 8 heteroatoms. The van der Waals surface area contributed by atoms with E-state index in [1.165, 1.54) is 0 Å². The molecule has 0 aliphatic rings. The number of halogens is 1. The minimum atomic E-state index is 0.433. The van der Waals surface area contributed by atoms with Crippen molar-refractivity contribution in [3.05, 3.63) is 23.2 Å². The summed E-state index contributed by atoms with van der Waals surface area (Å²) in [7, 11) is 7.05. The number of ether oxygens (including phenoxy) is 1. The van der Waals surface area contributed by atoms with Crippen molar-refractivity contribution in [2.75, 3.05) is 43.8 Å². The summed E-state index contributed by atoms with van der Waals surface area (Å²) in [6.07, 6.45) is 0. The Bertz CT molecular complexity index is 634. The number of hydrogen-bond acceptors (Lipinski definition) is 7. The van der Waals surface area contributed by atoms with Gasteiger partial charge in [0, 0.05) is 32.9 Å². The number of hydrogen-bond donors (Lipinski definition) is 2. The highest BCUT2D eigenvalue weighted by Crippen LogP contribution is 2.28. The molecule has 0 spiro atoms. The number of nitrogens with one attached hydrogen (secondary N) is 2. The number of methoxy groups -OCH3 is 1. The van der Waals surface area contributed by atoms with Gasteiger partial charge < -0.3 is 20.3 Å². The number of rotatable bonds is 5. The van der Waals surface area contributed by atoms with E-state index < -0.39 is 0 Å². The van der Waals surface area contributed by atoms with E-state index in [0.29, 0.717) is 28.6 Å². The Kier molecular flexibility index (Phi) is 4.64. The van der Waals surface area contributed by atoms with Crippen LogP contribution in [0.25, 0.3) is 0 Å². The van der Waals surface area contributed by atoms with Gasteiger partial charge in [-0.3, -0.25) is 0 Å². The fourth-order valence-corrected chi connectivity index (χ4v) is 1.79. The maximum Gasteiger partial charge on any atom is 0.233 e. The van der Waals surface area contributed by atoms with E-state index in [0.717, 1.165) is 5.69 Å². The molecule has 0 unspecified atom stereocenters. The Morgan fingerprint density at radius 3 is 2.48 bits per heavy atom.